The van der Waals surface area contributed by atoms with Crippen LogP contribution in [-0.2, 0) is 11.2 Å². The van der Waals surface area contributed by atoms with Gasteiger partial charge in [-0.1, -0.05) is 13.0 Å². The summed E-state index contributed by atoms with van der Waals surface area (Å²) >= 11 is 0. The van der Waals surface area contributed by atoms with Gasteiger partial charge in [0.1, 0.15) is 5.76 Å². The molecule has 0 spiro atoms. The van der Waals surface area contributed by atoms with Crippen LogP contribution in [-0.4, -0.2) is 20.7 Å². The fraction of sp³-hybridized carbons (Fsp3) is 0.400. The lowest BCUT2D eigenvalue weighted by Crippen LogP contribution is -2.22. The minimum Gasteiger partial charge on any atom is -0.511 e. The minimum absolute atomic E-state index is 0.0845. The molecule has 4 heteroatoms. The Hall–Kier alpha value is -2.36. The fourth-order valence-corrected chi connectivity index (χ4v) is 4.08. The monoisotopic (exact) mass is 322 g/mol. The molecule has 0 saturated heterocycles. The standard InChI is InChI=1S/C20H22N2O2/c1-3-13-6-7-16(22-11-12(2)10-21-22)9-17(13)18-19(23)14-4-5-15(8-14)20(18)24/h6-7,9-11,14-15,23H,3-5,8H2,1-2H3/t14-,15?/m1/s1. The summed E-state index contributed by atoms with van der Waals surface area (Å²) in [6.07, 6.45) is 7.24. The lowest BCUT2D eigenvalue weighted by atomic mass is 9.81. The van der Waals surface area contributed by atoms with Crippen molar-refractivity contribution in [2.45, 2.75) is 39.5 Å². The quantitative estimate of drug-likeness (QED) is 0.929. The van der Waals surface area contributed by atoms with Crippen LogP contribution in [0.15, 0.2) is 36.4 Å². The van der Waals surface area contributed by atoms with Crippen LogP contribution >= 0.6 is 0 Å². The van der Waals surface area contributed by atoms with E-state index in [9.17, 15) is 9.90 Å². The number of benzene rings is 1. The highest BCUT2D eigenvalue weighted by Gasteiger charge is 2.41. The van der Waals surface area contributed by atoms with Crippen LogP contribution in [0.5, 0.6) is 0 Å². The molecule has 1 aromatic heterocycles. The highest BCUT2D eigenvalue weighted by Crippen LogP contribution is 2.46. The highest BCUT2D eigenvalue weighted by molar-refractivity contribution is 6.23. The third kappa shape index (κ3) is 2.29. The van der Waals surface area contributed by atoms with Gasteiger partial charge in [-0.3, -0.25) is 4.79 Å². The molecule has 1 fully saturated rings. The predicted octanol–water partition coefficient (Wildman–Crippen LogP) is 4.01. The van der Waals surface area contributed by atoms with Gasteiger partial charge in [0.25, 0.3) is 0 Å². The molecule has 1 saturated carbocycles. The first-order chi connectivity index (χ1) is 11.6. The van der Waals surface area contributed by atoms with E-state index < -0.39 is 0 Å². The van der Waals surface area contributed by atoms with Gasteiger partial charge in [0.05, 0.1) is 17.5 Å². The van der Waals surface area contributed by atoms with Crippen LogP contribution < -0.4 is 0 Å². The van der Waals surface area contributed by atoms with Crippen molar-refractivity contribution < 1.29 is 9.90 Å². The summed E-state index contributed by atoms with van der Waals surface area (Å²) in [7, 11) is 0. The zero-order valence-electron chi connectivity index (χ0n) is 14.1. The van der Waals surface area contributed by atoms with Crippen molar-refractivity contribution in [1.29, 1.82) is 0 Å². The Balaban J connectivity index is 1.87. The number of nitrogens with zero attached hydrogens (tertiary/aromatic N) is 2. The molecule has 1 heterocycles. The molecule has 4 rings (SSSR count). The van der Waals surface area contributed by atoms with E-state index in [0.717, 1.165) is 48.1 Å². The molecule has 2 aliphatic carbocycles. The van der Waals surface area contributed by atoms with Crippen LogP contribution in [0.3, 0.4) is 0 Å². The van der Waals surface area contributed by atoms with Crippen LogP contribution in [0, 0.1) is 18.8 Å². The molecule has 2 aliphatic rings. The van der Waals surface area contributed by atoms with Crippen molar-refractivity contribution in [2.75, 3.05) is 0 Å². The Bertz CT molecular complexity index is 847. The molecular formula is C20H22N2O2. The summed E-state index contributed by atoms with van der Waals surface area (Å²) in [5, 5.41) is 15.1. The number of fused-ring (bicyclic) bond motifs is 2. The second-order valence-corrected chi connectivity index (χ2v) is 6.99. The van der Waals surface area contributed by atoms with Gasteiger partial charge in [0.2, 0.25) is 0 Å². The zero-order chi connectivity index (χ0) is 16.8. The van der Waals surface area contributed by atoms with Crippen molar-refractivity contribution in [1.82, 2.24) is 9.78 Å². The number of aliphatic hydroxyl groups is 1. The average Bonchev–Trinajstić information content (AvgIpc) is 3.21. The zero-order valence-corrected chi connectivity index (χ0v) is 14.1. The number of aliphatic hydroxyl groups excluding tert-OH is 1. The van der Waals surface area contributed by atoms with Gasteiger partial charge in [-0.25, -0.2) is 4.68 Å². The minimum atomic E-state index is 0.0845. The van der Waals surface area contributed by atoms with Crippen molar-refractivity contribution in [3.63, 3.8) is 0 Å². The molecule has 0 aliphatic heterocycles. The smallest absolute Gasteiger partial charge is 0.169 e. The Kier molecular flexibility index (Phi) is 3.56. The molecule has 2 bridgehead atoms. The van der Waals surface area contributed by atoms with Gasteiger partial charge in [-0.2, -0.15) is 5.10 Å². The predicted molar refractivity (Wildman–Crippen MR) is 93.1 cm³/mol. The maximum absolute atomic E-state index is 12.9. The molecule has 1 unspecified atom stereocenters. The molecule has 4 nitrogen and oxygen atoms in total. The van der Waals surface area contributed by atoms with Crippen molar-refractivity contribution in [2.24, 2.45) is 11.8 Å². The van der Waals surface area contributed by atoms with Crippen LogP contribution in [0.4, 0.5) is 0 Å². The van der Waals surface area contributed by atoms with Gasteiger partial charge in [0, 0.05) is 18.0 Å². The first kappa shape index (κ1) is 15.2. The first-order valence-corrected chi connectivity index (χ1v) is 8.70. The SMILES string of the molecule is CCc1ccc(-n2cc(C)cn2)cc1C1=C(O)[C@@H]2CCC(C2)C1=O. The van der Waals surface area contributed by atoms with E-state index in [1.807, 2.05) is 42.2 Å². The highest BCUT2D eigenvalue weighted by atomic mass is 16.3. The van der Waals surface area contributed by atoms with Gasteiger partial charge in [0.15, 0.2) is 5.78 Å². The third-order valence-corrected chi connectivity index (χ3v) is 5.41. The number of ketones is 1. The van der Waals surface area contributed by atoms with E-state index in [0.29, 0.717) is 11.3 Å². The van der Waals surface area contributed by atoms with Gasteiger partial charge in [-0.05, 0) is 61.4 Å². The maximum atomic E-state index is 12.9. The van der Waals surface area contributed by atoms with E-state index in [1.165, 1.54) is 0 Å². The summed E-state index contributed by atoms with van der Waals surface area (Å²) in [5.74, 6) is 0.659. The fourth-order valence-electron chi connectivity index (χ4n) is 4.08. The molecule has 124 valence electrons. The normalized spacial score (nSPS) is 23.2. The molecule has 1 N–H and O–H groups in total. The van der Waals surface area contributed by atoms with E-state index >= 15 is 0 Å². The molecule has 0 amide bonds. The number of Topliss-reactive ketones (excluding diaryl/α,β-unsaturated/α-hetero) is 1. The number of aryl methyl sites for hydroxylation is 2. The summed E-state index contributed by atoms with van der Waals surface area (Å²) in [4.78, 5) is 12.9. The topological polar surface area (TPSA) is 55.1 Å². The number of aromatic nitrogens is 2. The average molecular weight is 322 g/mol. The number of hydrogen-bond donors (Lipinski definition) is 1. The lowest BCUT2D eigenvalue weighted by Gasteiger charge is -2.23. The van der Waals surface area contributed by atoms with Gasteiger partial charge in [-0.15, -0.1) is 0 Å². The van der Waals surface area contributed by atoms with Crippen LogP contribution in [0.2, 0.25) is 0 Å². The summed E-state index contributed by atoms with van der Waals surface area (Å²) in [5.41, 5.74) is 4.53. The molecule has 0 radical (unpaired) electrons. The van der Waals surface area contributed by atoms with E-state index in [-0.39, 0.29) is 17.6 Å². The van der Waals surface area contributed by atoms with Crippen LogP contribution in [0.1, 0.15) is 42.9 Å². The molecule has 1 aromatic carbocycles. The summed E-state index contributed by atoms with van der Waals surface area (Å²) in [6, 6.07) is 6.07. The second kappa shape index (κ2) is 5.62. The molecule has 2 aromatic rings. The maximum Gasteiger partial charge on any atom is 0.169 e. The van der Waals surface area contributed by atoms with Crippen molar-refractivity contribution in [3.8, 4) is 5.69 Å². The van der Waals surface area contributed by atoms with Gasteiger partial charge >= 0.3 is 0 Å². The lowest BCUT2D eigenvalue weighted by molar-refractivity contribution is -0.117. The van der Waals surface area contributed by atoms with Crippen molar-refractivity contribution >= 4 is 11.4 Å². The van der Waals surface area contributed by atoms with E-state index in [1.54, 1.807) is 0 Å². The summed E-state index contributed by atoms with van der Waals surface area (Å²) in [6.45, 7) is 4.08. The molecular weight excluding hydrogens is 300 g/mol. The number of allylic oxidation sites excluding steroid dienone is 2. The second-order valence-electron chi connectivity index (χ2n) is 6.99. The van der Waals surface area contributed by atoms with E-state index in [2.05, 4.69) is 12.0 Å². The van der Waals surface area contributed by atoms with Crippen molar-refractivity contribution in [3.05, 3.63) is 53.0 Å². The first-order valence-electron chi connectivity index (χ1n) is 8.70. The third-order valence-electron chi connectivity index (χ3n) is 5.41. The van der Waals surface area contributed by atoms with E-state index in [4.69, 9.17) is 0 Å². The molecule has 2 atom stereocenters. The number of hydrogen-bond acceptors (Lipinski definition) is 3. The Labute approximate surface area is 141 Å². The molecule has 24 heavy (non-hydrogen) atoms. The number of rotatable bonds is 3. The Morgan fingerprint density at radius 2 is 2.08 bits per heavy atom. The largest absolute Gasteiger partial charge is 0.511 e. The Morgan fingerprint density at radius 3 is 2.79 bits per heavy atom. The summed E-state index contributed by atoms with van der Waals surface area (Å²) < 4.78 is 1.82. The van der Waals surface area contributed by atoms with Crippen LogP contribution in [0.25, 0.3) is 11.3 Å². The number of carbonyl (C=O) groups is 1. The Morgan fingerprint density at radius 1 is 1.29 bits per heavy atom. The number of carbonyl (C=O) groups excluding carboxylic acids is 1. The van der Waals surface area contributed by atoms with Gasteiger partial charge < -0.3 is 5.11 Å².